The summed E-state index contributed by atoms with van der Waals surface area (Å²) in [6.07, 6.45) is 3.85. The minimum Gasteiger partial charge on any atom is -0.337 e. The summed E-state index contributed by atoms with van der Waals surface area (Å²) in [5, 5.41) is 3.48. The molecule has 0 unspecified atom stereocenters. The summed E-state index contributed by atoms with van der Waals surface area (Å²) < 4.78 is 2.08. The number of nitrogens with zero attached hydrogens (tertiary/aromatic N) is 3. The summed E-state index contributed by atoms with van der Waals surface area (Å²) in [7, 11) is 4.19. The Balaban J connectivity index is 1.94. The van der Waals surface area contributed by atoms with Gasteiger partial charge in [0.25, 0.3) is 0 Å². The second kappa shape index (κ2) is 7.20. The van der Waals surface area contributed by atoms with E-state index in [9.17, 15) is 0 Å². The summed E-state index contributed by atoms with van der Waals surface area (Å²) in [5.41, 5.74) is 1.43. The van der Waals surface area contributed by atoms with Crippen LogP contribution in [0.2, 0.25) is 0 Å². The largest absolute Gasteiger partial charge is 0.337 e. The van der Waals surface area contributed by atoms with E-state index in [1.54, 1.807) is 0 Å². The van der Waals surface area contributed by atoms with Crippen LogP contribution >= 0.6 is 11.3 Å². The zero-order valence-electron chi connectivity index (χ0n) is 13.7. The Hall–Kier alpha value is -1.17. The molecule has 1 N–H and O–H groups in total. The van der Waals surface area contributed by atoms with E-state index >= 15 is 0 Å². The predicted octanol–water partition coefficient (Wildman–Crippen LogP) is 2.92. The molecule has 2 rings (SSSR count). The van der Waals surface area contributed by atoms with Gasteiger partial charge < -0.3 is 9.88 Å². The molecule has 2 heterocycles. The molecule has 0 saturated carbocycles. The highest BCUT2D eigenvalue weighted by molar-refractivity contribution is 7.12. The monoisotopic (exact) mass is 306 g/mol. The second-order valence-electron chi connectivity index (χ2n) is 5.96. The summed E-state index contributed by atoms with van der Waals surface area (Å²) in [6.45, 7) is 9.39. The van der Waals surface area contributed by atoms with Crippen molar-refractivity contribution < 1.29 is 0 Å². The van der Waals surface area contributed by atoms with E-state index in [0.29, 0.717) is 6.04 Å². The van der Waals surface area contributed by atoms with Gasteiger partial charge in [0.05, 0.1) is 6.54 Å². The first kappa shape index (κ1) is 16.2. The lowest BCUT2D eigenvalue weighted by molar-refractivity contribution is 0.307. The van der Waals surface area contributed by atoms with E-state index in [4.69, 9.17) is 0 Å². The van der Waals surface area contributed by atoms with Crippen LogP contribution in [0.15, 0.2) is 18.5 Å². The molecule has 0 aliphatic rings. The fourth-order valence-corrected chi connectivity index (χ4v) is 3.28. The average molecular weight is 306 g/mol. The molecule has 0 aromatic carbocycles. The van der Waals surface area contributed by atoms with Crippen LogP contribution in [0.3, 0.4) is 0 Å². The molecule has 5 heteroatoms. The van der Waals surface area contributed by atoms with Gasteiger partial charge in [-0.25, -0.2) is 4.98 Å². The molecule has 2 aromatic rings. The van der Waals surface area contributed by atoms with Crippen molar-refractivity contribution in [3.63, 3.8) is 0 Å². The average Bonchev–Trinajstić information content (AvgIpc) is 2.95. The predicted molar refractivity (Wildman–Crippen MR) is 89.4 cm³/mol. The third-order valence-electron chi connectivity index (χ3n) is 3.53. The van der Waals surface area contributed by atoms with Gasteiger partial charge in [-0.05, 0) is 25.6 Å². The molecule has 0 atom stereocenters. The Labute approximate surface area is 131 Å². The van der Waals surface area contributed by atoms with Gasteiger partial charge in [-0.3, -0.25) is 4.90 Å². The van der Waals surface area contributed by atoms with Gasteiger partial charge in [-0.15, -0.1) is 11.3 Å². The van der Waals surface area contributed by atoms with Crippen molar-refractivity contribution in [3.05, 3.63) is 39.6 Å². The maximum absolute atomic E-state index is 4.39. The fraction of sp³-hybridized carbons (Fsp3) is 0.562. The molecule has 0 saturated heterocycles. The third kappa shape index (κ3) is 4.66. The summed E-state index contributed by atoms with van der Waals surface area (Å²) >= 11 is 1.90. The molecule has 0 bridgehead atoms. The van der Waals surface area contributed by atoms with Crippen LogP contribution < -0.4 is 5.32 Å². The van der Waals surface area contributed by atoms with Gasteiger partial charge in [0.1, 0.15) is 5.82 Å². The highest BCUT2D eigenvalue weighted by atomic mass is 32.1. The van der Waals surface area contributed by atoms with Crippen LogP contribution in [0.5, 0.6) is 0 Å². The number of hydrogen-bond acceptors (Lipinski definition) is 4. The van der Waals surface area contributed by atoms with Crippen LogP contribution in [0, 0.1) is 6.92 Å². The normalized spacial score (nSPS) is 11.8. The van der Waals surface area contributed by atoms with E-state index in [2.05, 4.69) is 53.7 Å². The number of aryl methyl sites for hydroxylation is 2. The van der Waals surface area contributed by atoms with Crippen LogP contribution in [-0.2, 0) is 26.7 Å². The number of imidazole rings is 1. The van der Waals surface area contributed by atoms with E-state index in [1.807, 2.05) is 30.8 Å². The molecule has 2 aromatic heterocycles. The Morgan fingerprint density at radius 2 is 2.14 bits per heavy atom. The van der Waals surface area contributed by atoms with Gasteiger partial charge in [-0.2, -0.15) is 0 Å². The maximum atomic E-state index is 4.39. The number of rotatable bonds is 7. The number of aromatic nitrogens is 2. The highest BCUT2D eigenvalue weighted by Gasteiger charge is 2.10. The van der Waals surface area contributed by atoms with Gasteiger partial charge in [0.2, 0.25) is 0 Å². The Bertz CT molecular complexity index is 571. The minimum absolute atomic E-state index is 0.530. The van der Waals surface area contributed by atoms with Crippen molar-refractivity contribution >= 4 is 11.3 Å². The van der Waals surface area contributed by atoms with Crippen molar-refractivity contribution in [2.24, 2.45) is 7.05 Å². The fourth-order valence-electron chi connectivity index (χ4n) is 2.27. The Kier molecular flexibility index (Phi) is 5.56. The van der Waals surface area contributed by atoms with Gasteiger partial charge >= 0.3 is 0 Å². The van der Waals surface area contributed by atoms with Crippen molar-refractivity contribution in [3.8, 4) is 0 Å². The van der Waals surface area contributed by atoms with Gasteiger partial charge in [-0.1, -0.05) is 13.8 Å². The molecule has 0 spiro atoms. The van der Waals surface area contributed by atoms with Crippen molar-refractivity contribution in [1.82, 2.24) is 19.8 Å². The van der Waals surface area contributed by atoms with E-state index in [1.165, 1.54) is 15.3 Å². The smallest absolute Gasteiger partial charge is 0.122 e. The second-order valence-corrected chi connectivity index (χ2v) is 7.30. The number of thiophene rings is 1. The molecule has 0 aliphatic heterocycles. The first-order valence-electron chi connectivity index (χ1n) is 7.42. The standard InChI is InChI=1S/C16H26N4S/c1-12(2)18-9-15-8-14(13(3)21-15)10-19(4)11-16-17-6-7-20(16)5/h6-8,12,18H,9-11H2,1-5H3. The first-order chi connectivity index (χ1) is 9.95. The molecule has 4 nitrogen and oxygen atoms in total. The summed E-state index contributed by atoms with van der Waals surface area (Å²) in [4.78, 5) is 9.54. The Morgan fingerprint density at radius 1 is 1.38 bits per heavy atom. The lowest BCUT2D eigenvalue weighted by atomic mass is 10.2. The third-order valence-corrected chi connectivity index (χ3v) is 4.62. The zero-order valence-corrected chi connectivity index (χ0v) is 14.5. The quantitative estimate of drug-likeness (QED) is 0.854. The Morgan fingerprint density at radius 3 is 2.76 bits per heavy atom. The van der Waals surface area contributed by atoms with Crippen LogP contribution in [-0.4, -0.2) is 27.5 Å². The van der Waals surface area contributed by atoms with Crippen LogP contribution in [0.25, 0.3) is 0 Å². The summed E-state index contributed by atoms with van der Waals surface area (Å²) in [6, 6.07) is 2.87. The first-order valence-corrected chi connectivity index (χ1v) is 8.23. The van der Waals surface area contributed by atoms with Crippen LogP contribution in [0.1, 0.15) is 35.0 Å². The maximum Gasteiger partial charge on any atom is 0.122 e. The van der Waals surface area contributed by atoms with E-state index in [-0.39, 0.29) is 0 Å². The molecule has 0 radical (unpaired) electrons. The molecule has 0 aliphatic carbocycles. The number of nitrogens with one attached hydrogen (secondary N) is 1. The highest BCUT2D eigenvalue weighted by Crippen LogP contribution is 2.23. The zero-order chi connectivity index (χ0) is 15.4. The molecular weight excluding hydrogens is 280 g/mol. The topological polar surface area (TPSA) is 33.1 Å². The van der Waals surface area contributed by atoms with Gasteiger partial charge in [0.15, 0.2) is 0 Å². The van der Waals surface area contributed by atoms with Crippen molar-refractivity contribution in [2.45, 2.75) is 46.4 Å². The van der Waals surface area contributed by atoms with E-state index in [0.717, 1.165) is 25.5 Å². The number of hydrogen-bond donors (Lipinski definition) is 1. The van der Waals surface area contributed by atoms with Crippen molar-refractivity contribution in [1.29, 1.82) is 0 Å². The molecule has 116 valence electrons. The molecular formula is C16H26N4S. The minimum atomic E-state index is 0.530. The lowest BCUT2D eigenvalue weighted by Gasteiger charge is -2.16. The van der Waals surface area contributed by atoms with Crippen LogP contribution in [0.4, 0.5) is 0 Å². The van der Waals surface area contributed by atoms with E-state index < -0.39 is 0 Å². The van der Waals surface area contributed by atoms with Crippen molar-refractivity contribution in [2.75, 3.05) is 7.05 Å². The van der Waals surface area contributed by atoms with Gasteiger partial charge in [0, 0.05) is 48.3 Å². The lowest BCUT2D eigenvalue weighted by Crippen LogP contribution is -2.21. The molecule has 0 fully saturated rings. The molecule has 21 heavy (non-hydrogen) atoms. The summed E-state index contributed by atoms with van der Waals surface area (Å²) in [5.74, 6) is 1.10. The molecule has 0 amide bonds. The SMILES string of the molecule is Cc1sc(CNC(C)C)cc1CN(C)Cc1nccn1C.